The first-order chi connectivity index (χ1) is 12.8. The number of nitrogens with zero attached hydrogens (tertiary/aromatic N) is 4. The summed E-state index contributed by atoms with van der Waals surface area (Å²) in [7, 11) is 0. The van der Waals surface area contributed by atoms with Crippen molar-refractivity contribution in [2.24, 2.45) is 0 Å². The Kier molecular flexibility index (Phi) is 5.02. The van der Waals surface area contributed by atoms with E-state index in [1.807, 2.05) is 53.4 Å². The summed E-state index contributed by atoms with van der Waals surface area (Å²) >= 11 is 1.39. The molecule has 0 spiro atoms. The number of carbonyl (C=O) groups is 1. The molecule has 1 aliphatic rings. The van der Waals surface area contributed by atoms with Crippen molar-refractivity contribution in [2.45, 2.75) is 30.6 Å². The van der Waals surface area contributed by atoms with Gasteiger partial charge in [0.1, 0.15) is 6.33 Å². The lowest BCUT2D eigenvalue weighted by Crippen LogP contribution is -2.33. The molecule has 1 fully saturated rings. The molecular weight excluding hydrogens is 344 g/mol. The average Bonchev–Trinajstić information content (AvgIpc) is 3.42. The number of amides is 1. The van der Waals surface area contributed by atoms with Crippen molar-refractivity contribution in [1.29, 1.82) is 0 Å². The third-order valence-electron chi connectivity index (χ3n) is 4.32. The lowest BCUT2D eigenvalue weighted by molar-refractivity contribution is -0.129. The standard InChI is InChI=1S/C20H20N4OS/c25-19(23(17-11-12-17)13-16-7-3-1-4-8-16)14-26-20-21-15-24(22-20)18-9-5-2-6-10-18/h1-10,15,17H,11-14H2. The first-order valence-corrected chi connectivity index (χ1v) is 9.71. The Balaban J connectivity index is 1.37. The fraction of sp³-hybridized carbons (Fsp3) is 0.250. The summed E-state index contributed by atoms with van der Waals surface area (Å²) in [6.45, 7) is 0.677. The van der Waals surface area contributed by atoms with Crippen molar-refractivity contribution in [3.05, 3.63) is 72.6 Å². The van der Waals surface area contributed by atoms with Gasteiger partial charge in [-0.05, 0) is 30.5 Å². The molecule has 1 amide bonds. The SMILES string of the molecule is O=C(CSc1ncn(-c2ccccc2)n1)N(Cc1ccccc1)C1CC1. The molecular formula is C20H20N4OS. The number of hydrogen-bond donors (Lipinski definition) is 0. The second kappa shape index (κ2) is 7.74. The maximum Gasteiger partial charge on any atom is 0.233 e. The van der Waals surface area contributed by atoms with Gasteiger partial charge in [0.05, 0.1) is 11.4 Å². The Labute approximate surface area is 157 Å². The third-order valence-corrected chi connectivity index (χ3v) is 5.16. The highest BCUT2D eigenvalue weighted by molar-refractivity contribution is 7.99. The summed E-state index contributed by atoms with van der Waals surface area (Å²) in [5, 5.41) is 5.08. The molecule has 5 nitrogen and oxygen atoms in total. The molecule has 1 aromatic heterocycles. The van der Waals surface area contributed by atoms with Gasteiger partial charge in [0.25, 0.3) is 0 Å². The minimum atomic E-state index is 0.150. The Morgan fingerprint density at radius 3 is 2.46 bits per heavy atom. The van der Waals surface area contributed by atoms with Crippen LogP contribution in [-0.2, 0) is 11.3 Å². The van der Waals surface area contributed by atoms with Crippen LogP contribution >= 0.6 is 11.8 Å². The molecule has 4 rings (SSSR count). The summed E-state index contributed by atoms with van der Waals surface area (Å²) in [5.41, 5.74) is 2.13. The maximum absolute atomic E-state index is 12.7. The largest absolute Gasteiger partial charge is 0.335 e. The summed E-state index contributed by atoms with van der Waals surface area (Å²) in [5.74, 6) is 0.514. The summed E-state index contributed by atoms with van der Waals surface area (Å²) in [6.07, 6.45) is 3.89. The highest BCUT2D eigenvalue weighted by Crippen LogP contribution is 2.29. The zero-order valence-electron chi connectivity index (χ0n) is 14.4. The van der Waals surface area contributed by atoms with Crippen LogP contribution < -0.4 is 0 Å². The van der Waals surface area contributed by atoms with Crippen LogP contribution in [0.3, 0.4) is 0 Å². The second-order valence-corrected chi connectivity index (χ2v) is 7.28. The zero-order valence-corrected chi connectivity index (χ0v) is 15.2. The van der Waals surface area contributed by atoms with Gasteiger partial charge in [-0.1, -0.05) is 60.3 Å². The number of benzene rings is 2. The van der Waals surface area contributed by atoms with E-state index < -0.39 is 0 Å². The Hall–Kier alpha value is -2.60. The molecule has 0 saturated heterocycles. The fourth-order valence-electron chi connectivity index (χ4n) is 2.82. The summed E-state index contributed by atoms with van der Waals surface area (Å²) < 4.78 is 1.73. The predicted octanol–water partition coefficient (Wildman–Crippen LogP) is 3.55. The van der Waals surface area contributed by atoms with Gasteiger partial charge in [0.15, 0.2) is 0 Å². The van der Waals surface area contributed by atoms with Crippen molar-refractivity contribution in [3.63, 3.8) is 0 Å². The first kappa shape index (κ1) is 16.8. The van der Waals surface area contributed by atoms with Crippen LogP contribution in [0.4, 0.5) is 0 Å². The van der Waals surface area contributed by atoms with Gasteiger partial charge in [0, 0.05) is 12.6 Å². The smallest absolute Gasteiger partial charge is 0.233 e. The van der Waals surface area contributed by atoms with E-state index in [-0.39, 0.29) is 5.91 Å². The van der Waals surface area contributed by atoms with Gasteiger partial charge in [-0.3, -0.25) is 4.79 Å². The molecule has 0 unspecified atom stereocenters. The van der Waals surface area contributed by atoms with Gasteiger partial charge in [-0.15, -0.1) is 5.10 Å². The number of hydrogen-bond acceptors (Lipinski definition) is 4. The van der Waals surface area contributed by atoms with Crippen LogP contribution in [0.5, 0.6) is 0 Å². The maximum atomic E-state index is 12.7. The fourth-order valence-corrected chi connectivity index (χ4v) is 3.50. The molecule has 1 heterocycles. The lowest BCUT2D eigenvalue weighted by atomic mass is 10.2. The van der Waals surface area contributed by atoms with Crippen molar-refractivity contribution < 1.29 is 4.79 Å². The van der Waals surface area contributed by atoms with Crippen LogP contribution in [0.1, 0.15) is 18.4 Å². The van der Waals surface area contributed by atoms with Crippen molar-refractivity contribution in [2.75, 3.05) is 5.75 Å². The molecule has 6 heteroatoms. The number of para-hydroxylation sites is 1. The van der Waals surface area contributed by atoms with E-state index in [0.29, 0.717) is 23.5 Å². The van der Waals surface area contributed by atoms with E-state index in [4.69, 9.17) is 0 Å². The molecule has 0 N–H and O–H groups in total. The molecule has 2 aromatic carbocycles. The normalized spacial score (nSPS) is 13.5. The molecule has 0 radical (unpaired) electrons. The molecule has 0 atom stereocenters. The Morgan fingerprint density at radius 1 is 1.08 bits per heavy atom. The Morgan fingerprint density at radius 2 is 1.77 bits per heavy atom. The van der Waals surface area contributed by atoms with Gasteiger partial charge in [-0.2, -0.15) is 0 Å². The highest BCUT2D eigenvalue weighted by atomic mass is 32.2. The van der Waals surface area contributed by atoms with Crippen LogP contribution in [0.2, 0.25) is 0 Å². The number of carbonyl (C=O) groups excluding carboxylic acids is 1. The van der Waals surface area contributed by atoms with E-state index in [2.05, 4.69) is 22.2 Å². The van der Waals surface area contributed by atoms with Crippen molar-refractivity contribution in [3.8, 4) is 5.69 Å². The van der Waals surface area contributed by atoms with E-state index >= 15 is 0 Å². The van der Waals surface area contributed by atoms with Gasteiger partial charge < -0.3 is 4.90 Å². The molecule has 26 heavy (non-hydrogen) atoms. The first-order valence-electron chi connectivity index (χ1n) is 8.73. The van der Waals surface area contributed by atoms with E-state index in [9.17, 15) is 4.79 Å². The lowest BCUT2D eigenvalue weighted by Gasteiger charge is -2.22. The summed E-state index contributed by atoms with van der Waals surface area (Å²) in [4.78, 5) is 19.0. The third kappa shape index (κ3) is 4.14. The minimum absolute atomic E-state index is 0.150. The van der Waals surface area contributed by atoms with Crippen LogP contribution in [0.15, 0.2) is 72.1 Å². The Bertz CT molecular complexity index is 862. The van der Waals surface area contributed by atoms with E-state index in [1.165, 1.54) is 17.3 Å². The average molecular weight is 364 g/mol. The molecule has 1 saturated carbocycles. The van der Waals surface area contributed by atoms with Gasteiger partial charge >= 0.3 is 0 Å². The highest BCUT2D eigenvalue weighted by Gasteiger charge is 2.32. The van der Waals surface area contributed by atoms with Crippen LogP contribution in [-0.4, -0.2) is 37.4 Å². The number of aromatic nitrogens is 3. The molecule has 1 aliphatic carbocycles. The minimum Gasteiger partial charge on any atom is -0.335 e. The predicted molar refractivity (Wildman–Crippen MR) is 102 cm³/mol. The van der Waals surface area contributed by atoms with Crippen LogP contribution in [0, 0.1) is 0 Å². The molecule has 0 aliphatic heterocycles. The topological polar surface area (TPSA) is 51.0 Å². The monoisotopic (exact) mass is 364 g/mol. The number of rotatable bonds is 7. The summed E-state index contributed by atoms with van der Waals surface area (Å²) in [6, 6.07) is 20.4. The van der Waals surface area contributed by atoms with Crippen molar-refractivity contribution in [1.82, 2.24) is 19.7 Å². The molecule has 132 valence electrons. The number of thioether (sulfide) groups is 1. The molecule has 3 aromatic rings. The zero-order chi connectivity index (χ0) is 17.8. The quantitative estimate of drug-likeness (QED) is 0.602. The van der Waals surface area contributed by atoms with Gasteiger partial charge in [-0.25, -0.2) is 9.67 Å². The van der Waals surface area contributed by atoms with Crippen LogP contribution in [0.25, 0.3) is 5.69 Å². The van der Waals surface area contributed by atoms with E-state index in [1.54, 1.807) is 11.0 Å². The van der Waals surface area contributed by atoms with Gasteiger partial charge in [0.2, 0.25) is 11.1 Å². The second-order valence-electron chi connectivity index (χ2n) is 6.33. The molecule has 0 bridgehead atoms. The van der Waals surface area contributed by atoms with Crippen molar-refractivity contribution >= 4 is 17.7 Å². The van der Waals surface area contributed by atoms with E-state index in [0.717, 1.165) is 18.5 Å².